The number of hydrogen-bond donors (Lipinski definition) is 1. The van der Waals surface area contributed by atoms with E-state index < -0.39 is 4.92 Å². The third kappa shape index (κ3) is 1.71. The number of carbonyl (C=O) groups excluding carboxylic acids is 1. The van der Waals surface area contributed by atoms with Crippen molar-refractivity contribution in [2.45, 2.75) is 13.8 Å². The Labute approximate surface area is 80.7 Å². The summed E-state index contributed by atoms with van der Waals surface area (Å²) in [4.78, 5) is 21.0. The normalized spacial score (nSPS) is 9.86. The van der Waals surface area contributed by atoms with Crippen molar-refractivity contribution in [2.24, 2.45) is 0 Å². The third-order valence-corrected chi connectivity index (χ3v) is 2.02. The number of nitro groups is 1. The SMILES string of the molecule is CC(=O)c1cc([N+](=O)[O-])cc(N)c1C. The second kappa shape index (κ2) is 3.45. The zero-order valence-corrected chi connectivity index (χ0v) is 7.90. The van der Waals surface area contributed by atoms with Crippen LogP contribution in [0.4, 0.5) is 11.4 Å². The number of Topliss-reactive ketones (excluding diaryl/α,β-unsaturated/α-hetero) is 1. The molecule has 0 atom stereocenters. The van der Waals surface area contributed by atoms with Gasteiger partial charge in [0.15, 0.2) is 5.78 Å². The molecule has 0 bridgehead atoms. The molecule has 0 heterocycles. The maximum Gasteiger partial charge on any atom is 0.272 e. The predicted molar refractivity (Wildman–Crippen MR) is 52.3 cm³/mol. The lowest BCUT2D eigenvalue weighted by atomic mass is 10.0. The van der Waals surface area contributed by atoms with Gasteiger partial charge in [0, 0.05) is 23.4 Å². The average molecular weight is 194 g/mol. The van der Waals surface area contributed by atoms with Crippen LogP contribution in [0, 0.1) is 17.0 Å². The lowest BCUT2D eigenvalue weighted by molar-refractivity contribution is -0.384. The van der Waals surface area contributed by atoms with Crippen LogP contribution in [0.5, 0.6) is 0 Å². The van der Waals surface area contributed by atoms with E-state index in [1.165, 1.54) is 19.1 Å². The molecule has 2 N–H and O–H groups in total. The number of hydrogen-bond acceptors (Lipinski definition) is 4. The lowest BCUT2D eigenvalue weighted by Crippen LogP contribution is -2.02. The predicted octanol–water partition coefficient (Wildman–Crippen LogP) is 1.69. The number of nitrogens with zero attached hydrogens (tertiary/aromatic N) is 1. The number of carbonyl (C=O) groups is 1. The molecule has 0 aliphatic heterocycles. The molecule has 5 nitrogen and oxygen atoms in total. The number of rotatable bonds is 2. The quantitative estimate of drug-likeness (QED) is 0.336. The van der Waals surface area contributed by atoms with Gasteiger partial charge >= 0.3 is 0 Å². The van der Waals surface area contributed by atoms with Crippen LogP contribution < -0.4 is 5.73 Å². The Balaban J connectivity index is 3.43. The molecule has 0 saturated carbocycles. The smallest absolute Gasteiger partial charge is 0.272 e. The van der Waals surface area contributed by atoms with Gasteiger partial charge in [0.05, 0.1) is 4.92 Å². The minimum atomic E-state index is -0.567. The molecule has 1 rings (SSSR count). The number of benzene rings is 1. The van der Waals surface area contributed by atoms with Crippen LogP contribution in [0.2, 0.25) is 0 Å². The molecule has 0 fully saturated rings. The van der Waals surface area contributed by atoms with Gasteiger partial charge in [-0.25, -0.2) is 0 Å². The summed E-state index contributed by atoms with van der Waals surface area (Å²) in [6.07, 6.45) is 0. The van der Waals surface area contributed by atoms with Gasteiger partial charge in [-0.2, -0.15) is 0 Å². The summed E-state index contributed by atoms with van der Waals surface area (Å²) in [7, 11) is 0. The largest absolute Gasteiger partial charge is 0.398 e. The molecule has 0 unspecified atom stereocenters. The molecular formula is C9H10N2O3. The van der Waals surface area contributed by atoms with E-state index in [0.29, 0.717) is 11.1 Å². The van der Waals surface area contributed by atoms with Gasteiger partial charge in [-0.15, -0.1) is 0 Å². The molecule has 5 heteroatoms. The van der Waals surface area contributed by atoms with Crippen molar-refractivity contribution in [1.82, 2.24) is 0 Å². The van der Waals surface area contributed by atoms with Gasteiger partial charge in [0.1, 0.15) is 0 Å². The van der Waals surface area contributed by atoms with Crippen LogP contribution in [0.25, 0.3) is 0 Å². The Morgan fingerprint density at radius 2 is 2.07 bits per heavy atom. The van der Waals surface area contributed by atoms with E-state index in [9.17, 15) is 14.9 Å². The highest BCUT2D eigenvalue weighted by molar-refractivity contribution is 5.97. The van der Waals surface area contributed by atoms with Crippen molar-refractivity contribution in [3.05, 3.63) is 33.4 Å². The van der Waals surface area contributed by atoms with Gasteiger partial charge in [0.25, 0.3) is 5.69 Å². The minimum absolute atomic E-state index is 0.154. The molecule has 0 amide bonds. The molecule has 0 aliphatic carbocycles. The summed E-state index contributed by atoms with van der Waals surface area (Å²) < 4.78 is 0. The topological polar surface area (TPSA) is 86.2 Å². The van der Waals surface area contributed by atoms with E-state index in [1.54, 1.807) is 6.92 Å². The fourth-order valence-corrected chi connectivity index (χ4v) is 1.19. The molecule has 0 saturated heterocycles. The van der Waals surface area contributed by atoms with Crippen molar-refractivity contribution >= 4 is 17.2 Å². The third-order valence-electron chi connectivity index (χ3n) is 2.02. The van der Waals surface area contributed by atoms with Crippen molar-refractivity contribution in [3.8, 4) is 0 Å². The Hall–Kier alpha value is -1.91. The molecule has 14 heavy (non-hydrogen) atoms. The van der Waals surface area contributed by atoms with E-state index >= 15 is 0 Å². The minimum Gasteiger partial charge on any atom is -0.398 e. The number of anilines is 1. The summed E-state index contributed by atoms with van der Waals surface area (Å²) in [6, 6.07) is 2.50. The monoisotopic (exact) mass is 194 g/mol. The average Bonchev–Trinajstić information content (AvgIpc) is 2.08. The number of nitro benzene ring substituents is 1. The summed E-state index contributed by atoms with van der Waals surface area (Å²) in [5.41, 5.74) is 6.54. The molecule has 0 aliphatic rings. The highest BCUT2D eigenvalue weighted by Gasteiger charge is 2.14. The van der Waals surface area contributed by atoms with Gasteiger partial charge in [-0.05, 0) is 19.4 Å². The van der Waals surface area contributed by atoms with Crippen LogP contribution in [0.3, 0.4) is 0 Å². The second-order valence-corrected chi connectivity index (χ2v) is 3.02. The van der Waals surface area contributed by atoms with Crippen LogP contribution in [0.1, 0.15) is 22.8 Å². The lowest BCUT2D eigenvalue weighted by Gasteiger charge is -2.04. The Kier molecular flexibility index (Phi) is 2.51. The first-order valence-electron chi connectivity index (χ1n) is 3.99. The zero-order valence-electron chi connectivity index (χ0n) is 7.90. The number of nitrogen functional groups attached to an aromatic ring is 1. The highest BCUT2D eigenvalue weighted by atomic mass is 16.6. The second-order valence-electron chi connectivity index (χ2n) is 3.02. The Morgan fingerprint density at radius 1 is 1.50 bits per heavy atom. The molecule has 0 spiro atoms. The number of ketones is 1. The molecule has 0 aromatic heterocycles. The van der Waals surface area contributed by atoms with E-state index in [0.717, 1.165) is 0 Å². The standard InChI is InChI=1S/C9H10N2O3/c1-5-8(6(2)12)3-7(11(13)14)4-9(5)10/h3-4H,10H2,1-2H3. The fraction of sp³-hybridized carbons (Fsp3) is 0.222. The first-order valence-corrected chi connectivity index (χ1v) is 3.99. The van der Waals surface area contributed by atoms with E-state index in [-0.39, 0.29) is 17.2 Å². The van der Waals surface area contributed by atoms with Gasteiger partial charge in [-0.1, -0.05) is 0 Å². The summed E-state index contributed by atoms with van der Waals surface area (Å²) in [5.74, 6) is -0.224. The van der Waals surface area contributed by atoms with E-state index in [2.05, 4.69) is 0 Å². The van der Waals surface area contributed by atoms with Crippen molar-refractivity contribution < 1.29 is 9.72 Å². The summed E-state index contributed by atoms with van der Waals surface area (Å²) in [5, 5.41) is 10.5. The van der Waals surface area contributed by atoms with Crippen LogP contribution in [-0.2, 0) is 0 Å². The Bertz CT molecular complexity index is 413. The van der Waals surface area contributed by atoms with E-state index in [4.69, 9.17) is 5.73 Å². The molecular weight excluding hydrogens is 184 g/mol. The van der Waals surface area contributed by atoms with Gasteiger partial charge in [-0.3, -0.25) is 14.9 Å². The van der Waals surface area contributed by atoms with Crippen LogP contribution >= 0.6 is 0 Å². The molecule has 1 aromatic carbocycles. The van der Waals surface area contributed by atoms with Crippen LogP contribution in [-0.4, -0.2) is 10.7 Å². The van der Waals surface area contributed by atoms with Gasteiger partial charge < -0.3 is 5.73 Å². The van der Waals surface area contributed by atoms with Gasteiger partial charge in [0.2, 0.25) is 0 Å². The first kappa shape index (κ1) is 10.2. The van der Waals surface area contributed by atoms with Crippen molar-refractivity contribution in [3.63, 3.8) is 0 Å². The highest BCUT2D eigenvalue weighted by Crippen LogP contribution is 2.24. The molecule has 74 valence electrons. The number of non-ortho nitro benzene ring substituents is 1. The molecule has 1 aromatic rings. The molecule has 0 radical (unpaired) electrons. The Morgan fingerprint density at radius 3 is 2.50 bits per heavy atom. The maximum atomic E-state index is 11.1. The fourth-order valence-electron chi connectivity index (χ4n) is 1.19. The van der Waals surface area contributed by atoms with E-state index in [1.807, 2.05) is 0 Å². The number of nitrogens with two attached hydrogens (primary N) is 1. The first-order chi connectivity index (χ1) is 6.43. The zero-order chi connectivity index (χ0) is 10.9. The van der Waals surface area contributed by atoms with Crippen molar-refractivity contribution in [2.75, 3.05) is 5.73 Å². The maximum absolute atomic E-state index is 11.1. The summed E-state index contributed by atoms with van der Waals surface area (Å²) in [6.45, 7) is 3.02. The van der Waals surface area contributed by atoms with Crippen LogP contribution in [0.15, 0.2) is 12.1 Å². The summed E-state index contributed by atoms with van der Waals surface area (Å²) >= 11 is 0. The van der Waals surface area contributed by atoms with Crippen molar-refractivity contribution in [1.29, 1.82) is 0 Å².